The van der Waals surface area contributed by atoms with E-state index in [4.69, 9.17) is 0 Å². The molecule has 2 N–H and O–H groups in total. The van der Waals surface area contributed by atoms with Crippen molar-refractivity contribution >= 4 is 21.6 Å². The van der Waals surface area contributed by atoms with Crippen LogP contribution in [0.5, 0.6) is 0 Å². The van der Waals surface area contributed by atoms with Gasteiger partial charge in [-0.1, -0.05) is 6.07 Å². The summed E-state index contributed by atoms with van der Waals surface area (Å²) in [6, 6.07) is 6.64. The summed E-state index contributed by atoms with van der Waals surface area (Å²) in [4.78, 5) is 16.1. The van der Waals surface area contributed by atoms with E-state index >= 15 is 0 Å². The number of carbonyl (C=O) groups excluding carboxylic acids is 1. The van der Waals surface area contributed by atoms with E-state index in [1.807, 2.05) is 12.1 Å². The lowest BCUT2D eigenvalue weighted by Crippen LogP contribution is -2.36. The van der Waals surface area contributed by atoms with Crippen LogP contribution in [0.15, 0.2) is 36.7 Å². The van der Waals surface area contributed by atoms with Crippen molar-refractivity contribution in [2.45, 2.75) is 19.0 Å². The number of sulfone groups is 1. The summed E-state index contributed by atoms with van der Waals surface area (Å²) in [5.41, 5.74) is 1.16. The molecule has 3 heterocycles. The average Bonchev–Trinajstić information content (AvgIpc) is 2.93. The summed E-state index contributed by atoms with van der Waals surface area (Å²) in [5, 5.41) is 13.6. The summed E-state index contributed by atoms with van der Waals surface area (Å²) in [6.45, 7) is 0.550. The van der Waals surface area contributed by atoms with Crippen LogP contribution >= 0.6 is 0 Å². The molecule has 0 radical (unpaired) electrons. The van der Waals surface area contributed by atoms with Gasteiger partial charge in [0.25, 0.3) is 5.91 Å². The number of nitrogens with zero attached hydrogens (tertiary/aromatic N) is 3. The molecule has 1 saturated heterocycles. The molecule has 8 nitrogen and oxygen atoms in total. The molecule has 1 fully saturated rings. The minimum atomic E-state index is -3.03. The second kappa shape index (κ2) is 6.91. The molecule has 24 heavy (non-hydrogen) atoms. The smallest absolute Gasteiger partial charge is 0.272 e. The molecule has 0 aromatic carbocycles. The SMILES string of the molecule is O=C(NC1CCS(=O)(=O)C1)c1ccc(NCc2cccnc2)nn1. The molecule has 1 amide bonds. The first kappa shape index (κ1) is 16.3. The Morgan fingerprint density at radius 1 is 1.25 bits per heavy atom. The summed E-state index contributed by atoms with van der Waals surface area (Å²) in [6.07, 6.45) is 3.89. The van der Waals surface area contributed by atoms with Gasteiger partial charge in [-0.3, -0.25) is 9.78 Å². The number of carbonyl (C=O) groups is 1. The van der Waals surface area contributed by atoms with Crippen LogP contribution in [0.4, 0.5) is 5.82 Å². The van der Waals surface area contributed by atoms with Crippen LogP contribution in [0, 0.1) is 0 Å². The Morgan fingerprint density at radius 2 is 2.12 bits per heavy atom. The van der Waals surface area contributed by atoms with Gasteiger partial charge in [0.05, 0.1) is 11.5 Å². The fraction of sp³-hybridized carbons (Fsp3) is 0.333. The maximum absolute atomic E-state index is 12.1. The van der Waals surface area contributed by atoms with Crippen molar-refractivity contribution in [3.05, 3.63) is 47.9 Å². The third kappa shape index (κ3) is 4.25. The van der Waals surface area contributed by atoms with Crippen LogP contribution < -0.4 is 10.6 Å². The third-order valence-corrected chi connectivity index (χ3v) is 5.43. The van der Waals surface area contributed by atoms with Gasteiger partial charge in [-0.25, -0.2) is 8.42 Å². The van der Waals surface area contributed by atoms with Crippen molar-refractivity contribution in [2.75, 3.05) is 16.8 Å². The number of anilines is 1. The Morgan fingerprint density at radius 3 is 2.75 bits per heavy atom. The number of amides is 1. The van der Waals surface area contributed by atoms with Gasteiger partial charge in [0.2, 0.25) is 0 Å². The first-order chi connectivity index (χ1) is 11.5. The minimum Gasteiger partial charge on any atom is -0.364 e. The molecule has 1 aliphatic rings. The Kier molecular flexibility index (Phi) is 4.70. The molecule has 3 rings (SSSR count). The summed E-state index contributed by atoms with van der Waals surface area (Å²) in [5.74, 6) is 0.222. The van der Waals surface area contributed by atoms with Gasteiger partial charge in [0.15, 0.2) is 15.5 Å². The first-order valence-electron chi connectivity index (χ1n) is 7.50. The monoisotopic (exact) mass is 347 g/mol. The number of aromatic nitrogens is 3. The first-order valence-corrected chi connectivity index (χ1v) is 9.32. The van der Waals surface area contributed by atoms with E-state index in [0.29, 0.717) is 18.8 Å². The number of nitrogens with one attached hydrogen (secondary N) is 2. The van der Waals surface area contributed by atoms with Crippen LogP contribution in [0.25, 0.3) is 0 Å². The highest BCUT2D eigenvalue weighted by Gasteiger charge is 2.29. The van der Waals surface area contributed by atoms with E-state index in [1.54, 1.807) is 24.5 Å². The highest BCUT2D eigenvalue weighted by Crippen LogP contribution is 2.12. The lowest BCUT2D eigenvalue weighted by Gasteiger charge is -2.10. The third-order valence-electron chi connectivity index (χ3n) is 3.66. The van der Waals surface area contributed by atoms with Crippen molar-refractivity contribution in [1.29, 1.82) is 0 Å². The summed E-state index contributed by atoms with van der Waals surface area (Å²) >= 11 is 0. The van der Waals surface area contributed by atoms with Crippen molar-refractivity contribution in [3.63, 3.8) is 0 Å². The van der Waals surface area contributed by atoms with Crippen LogP contribution in [-0.2, 0) is 16.4 Å². The van der Waals surface area contributed by atoms with Gasteiger partial charge >= 0.3 is 0 Å². The maximum Gasteiger partial charge on any atom is 0.272 e. The quantitative estimate of drug-likeness (QED) is 0.804. The molecule has 9 heteroatoms. The van der Waals surface area contributed by atoms with Crippen LogP contribution in [0.2, 0.25) is 0 Å². The maximum atomic E-state index is 12.1. The normalized spacial score (nSPS) is 18.9. The number of hydrogen-bond acceptors (Lipinski definition) is 7. The molecule has 0 spiro atoms. The van der Waals surface area contributed by atoms with Crippen molar-refractivity contribution in [1.82, 2.24) is 20.5 Å². The Labute approximate surface area is 139 Å². The van der Waals surface area contributed by atoms with Crippen molar-refractivity contribution < 1.29 is 13.2 Å². The van der Waals surface area contributed by atoms with Crippen molar-refractivity contribution in [2.24, 2.45) is 0 Å². The molecule has 2 aromatic rings. The van der Waals surface area contributed by atoms with Crippen LogP contribution in [0.1, 0.15) is 22.5 Å². The Hall–Kier alpha value is -2.55. The van der Waals surface area contributed by atoms with Crippen molar-refractivity contribution in [3.8, 4) is 0 Å². The predicted octanol–water partition coefficient (Wildman–Crippen LogP) is 0.401. The molecular formula is C15H17N5O3S. The largest absolute Gasteiger partial charge is 0.364 e. The molecule has 0 aliphatic carbocycles. The lowest BCUT2D eigenvalue weighted by molar-refractivity contribution is 0.0935. The highest BCUT2D eigenvalue weighted by molar-refractivity contribution is 7.91. The van der Waals surface area contributed by atoms with E-state index in [2.05, 4.69) is 25.8 Å². The molecule has 2 aromatic heterocycles. The minimum absolute atomic E-state index is 0.0169. The average molecular weight is 347 g/mol. The van der Waals surface area contributed by atoms with Crippen LogP contribution in [0.3, 0.4) is 0 Å². The summed E-state index contributed by atoms with van der Waals surface area (Å²) in [7, 11) is -3.03. The fourth-order valence-electron chi connectivity index (χ4n) is 2.41. The Balaban J connectivity index is 1.55. The zero-order valence-electron chi connectivity index (χ0n) is 12.8. The number of rotatable bonds is 5. The molecule has 0 bridgehead atoms. The molecule has 126 valence electrons. The standard InChI is InChI=1S/C15H17N5O3S/c21-15(18-12-5-7-24(22,23)10-12)13-3-4-14(20-19-13)17-9-11-2-1-6-16-8-11/h1-4,6,8,12H,5,7,9-10H2,(H,17,20)(H,18,21). The molecule has 1 unspecified atom stereocenters. The van der Waals surface area contributed by atoms with Gasteiger partial charge in [0.1, 0.15) is 5.82 Å². The topological polar surface area (TPSA) is 114 Å². The summed E-state index contributed by atoms with van der Waals surface area (Å²) < 4.78 is 22.8. The fourth-order valence-corrected chi connectivity index (χ4v) is 4.08. The zero-order chi connectivity index (χ0) is 17.0. The second-order valence-corrected chi connectivity index (χ2v) is 7.82. The predicted molar refractivity (Wildman–Crippen MR) is 88.1 cm³/mol. The van der Waals surface area contributed by atoms with E-state index in [0.717, 1.165) is 5.56 Å². The Bertz CT molecular complexity index is 809. The molecule has 1 atom stereocenters. The lowest BCUT2D eigenvalue weighted by atomic mass is 10.2. The van der Waals surface area contributed by atoms with E-state index in [-0.39, 0.29) is 23.2 Å². The molecule has 0 saturated carbocycles. The molecule has 1 aliphatic heterocycles. The van der Waals surface area contributed by atoms with Gasteiger partial charge < -0.3 is 10.6 Å². The van der Waals surface area contributed by atoms with Crippen LogP contribution in [-0.4, -0.2) is 47.1 Å². The van der Waals surface area contributed by atoms with E-state index < -0.39 is 15.7 Å². The van der Waals surface area contributed by atoms with Gasteiger partial charge in [-0.05, 0) is 30.2 Å². The van der Waals surface area contributed by atoms with E-state index in [9.17, 15) is 13.2 Å². The van der Waals surface area contributed by atoms with E-state index in [1.165, 1.54) is 0 Å². The number of hydrogen-bond donors (Lipinski definition) is 2. The highest BCUT2D eigenvalue weighted by atomic mass is 32.2. The van der Waals surface area contributed by atoms with Gasteiger partial charge in [-0.2, -0.15) is 0 Å². The molecular weight excluding hydrogens is 330 g/mol. The van der Waals surface area contributed by atoms with Gasteiger partial charge in [-0.15, -0.1) is 10.2 Å². The number of pyridine rings is 1. The second-order valence-electron chi connectivity index (χ2n) is 5.59. The zero-order valence-corrected chi connectivity index (χ0v) is 13.7. The van der Waals surface area contributed by atoms with Gasteiger partial charge in [0, 0.05) is 25.0 Å².